The number of nitrogen functional groups attached to an aromatic ring is 1. The van der Waals surface area contributed by atoms with Gasteiger partial charge in [-0.2, -0.15) is 5.10 Å². The smallest absolute Gasteiger partial charge is 0.151 e. The zero-order valence-electron chi connectivity index (χ0n) is 18.9. The first kappa shape index (κ1) is 21.1. The van der Waals surface area contributed by atoms with Gasteiger partial charge >= 0.3 is 0 Å². The van der Waals surface area contributed by atoms with Crippen molar-refractivity contribution in [3.63, 3.8) is 0 Å². The molecule has 170 valence electrons. The van der Waals surface area contributed by atoms with E-state index < -0.39 is 0 Å². The number of nitrogens with two attached hydrogens (primary N) is 1. The summed E-state index contributed by atoms with van der Waals surface area (Å²) < 4.78 is 7.60. The number of aryl methyl sites for hydroxylation is 1. The van der Waals surface area contributed by atoms with E-state index in [9.17, 15) is 0 Å². The normalized spacial score (nSPS) is 18.9. The van der Waals surface area contributed by atoms with Gasteiger partial charge < -0.3 is 20.7 Å². The minimum absolute atomic E-state index is 0.343. The monoisotopic (exact) mass is 436 g/mol. The molecule has 2 aliphatic heterocycles. The van der Waals surface area contributed by atoms with Gasteiger partial charge in [-0.25, -0.2) is 15.0 Å². The van der Waals surface area contributed by atoms with Crippen molar-refractivity contribution in [2.45, 2.75) is 51.1 Å². The predicted molar refractivity (Wildman–Crippen MR) is 126 cm³/mol. The fourth-order valence-corrected chi connectivity index (χ4v) is 4.64. The highest BCUT2D eigenvalue weighted by Crippen LogP contribution is 2.32. The molecule has 0 spiro atoms. The fourth-order valence-electron chi connectivity index (χ4n) is 4.64. The maximum atomic E-state index is 6.22. The van der Waals surface area contributed by atoms with Crippen molar-refractivity contribution in [1.29, 1.82) is 0 Å². The first-order valence-electron chi connectivity index (χ1n) is 11.6. The Balaban J connectivity index is 1.52. The van der Waals surface area contributed by atoms with Crippen LogP contribution in [0.4, 0.5) is 11.6 Å². The Labute approximate surface area is 188 Å². The molecule has 32 heavy (non-hydrogen) atoms. The molecule has 2 saturated heterocycles. The van der Waals surface area contributed by atoms with Crippen LogP contribution >= 0.6 is 0 Å². The van der Waals surface area contributed by atoms with Crippen LogP contribution in [0.3, 0.4) is 0 Å². The van der Waals surface area contributed by atoms with Gasteiger partial charge in [-0.3, -0.25) is 4.68 Å². The number of aromatic nitrogens is 5. The highest BCUT2D eigenvalue weighted by atomic mass is 16.5. The molecule has 0 radical (unpaired) electrons. The number of likely N-dealkylation sites (tertiary alicyclic amines) is 1. The molecule has 9 nitrogen and oxygen atoms in total. The van der Waals surface area contributed by atoms with Crippen molar-refractivity contribution in [2.24, 2.45) is 0 Å². The fraction of sp³-hybridized carbons (Fsp3) is 0.565. The van der Waals surface area contributed by atoms with Crippen molar-refractivity contribution >= 4 is 22.7 Å². The number of hydrogen-bond donors (Lipinski definition) is 2. The largest absolute Gasteiger partial charge is 0.382 e. The lowest BCUT2D eigenvalue weighted by molar-refractivity contribution is 0.0903. The standard InChI is InChI=1S/C23H32N8O/c1-3-19-23(27-16-6-10-32-11-7-16)29-20-18(13-25-22(24)21(20)28-19)15-12-26-31(14-15)17-4-8-30(2)9-5-17/h12-14,16-17H,3-11H2,1-2H3,(H2,24,25)(H,27,29). The van der Waals surface area contributed by atoms with E-state index >= 15 is 0 Å². The SMILES string of the molecule is CCc1nc2c(N)ncc(-c3cnn(C4CCN(C)CC4)c3)c2nc1NC1CCOCC1. The molecule has 3 aromatic heterocycles. The molecular weight excluding hydrogens is 404 g/mol. The van der Waals surface area contributed by atoms with Crippen molar-refractivity contribution in [3.8, 4) is 11.1 Å². The van der Waals surface area contributed by atoms with E-state index in [4.69, 9.17) is 20.4 Å². The summed E-state index contributed by atoms with van der Waals surface area (Å²) in [6.45, 7) is 5.83. The minimum Gasteiger partial charge on any atom is -0.382 e. The molecule has 3 N–H and O–H groups in total. The lowest BCUT2D eigenvalue weighted by Gasteiger charge is -2.28. The van der Waals surface area contributed by atoms with Crippen LogP contribution in [0.25, 0.3) is 22.2 Å². The van der Waals surface area contributed by atoms with Gasteiger partial charge in [-0.15, -0.1) is 0 Å². The summed E-state index contributed by atoms with van der Waals surface area (Å²) >= 11 is 0. The van der Waals surface area contributed by atoms with Gasteiger partial charge in [0.05, 0.1) is 17.9 Å². The molecule has 0 bridgehead atoms. The molecule has 5 heterocycles. The Kier molecular flexibility index (Phi) is 5.93. The average molecular weight is 437 g/mol. The molecule has 2 fully saturated rings. The molecule has 0 aliphatic carbocycles. The van der Waals surface area contributed by atoms with Crippen molar-refractivity contribution in [2.75, 3.05) is 44.4 Å². The van der Waals surface area contributed by atoms with Crippen molar-refractivity contribution in [3.05, 3.63) is 24.3 Å². The Hall–Kier alpha value is -2.78. The first-order chi connectivity index (χ1) is 15.6. The van der Waals surface area contributed by atoms with Gasteiger partial charge in [0.15, 0.2) is 5.82 Å². The third kappa shape index (κ3) is 4.14. The molecule has 3 aromatic rings. The number of fused-ring (bicyclic) bond motifs is 1. The van der Waals surface area contributed by atoms with Crippen LogP contribution in [-0.4, -0.2) is 69.0 Å². The summed E-state index contributed by atoms with van der Waals surface area (Å²) in [4.78, 5) is 16.7. The summed E-state index contributed by atoms with van der Waals surface area (Å²) in [5.74, 6) is 1.24. The number of rotatable bonds is 5. The van der Waals surface area contributed by atoms with Crippen LogP contribution in [-0.2, 0) is 11.2 Å². The van der Waals surface area contributed by atoms with Gasteiger partial charge in [0.1, 0.15) is 16.9 Å². The van der Waals surface area contributed by atoms with Crippen molar-refractivity contribution < 1.29 is 4.74 Å². The number of nitrogens with zero attached hydrogens (tertiary/aromatic N) is 6. The zero-order valence-corrected chi connectivity index (χ0v) is 18.9. The molecule has 0 atom stereocenters. The molecule has 0 amide bonds. The number of hydrogen-bond acceptors (Lipinski definition) is 8. The summed E-state index contributed by atoms with van der Waals surface area (Å²) in [6, 6.07) is 0.770. The Morgan fingerprint density at radius 1 is 1.09 bits per heavy atom. The minimum atomic E-state index is 0.343. The third-order valence-corrected chi connectivity index (χ3v) is 6.67. The Bertz CT molecular complexity index is 1080. The van der Waals surface area contributed by atoms with E-state index in [2.05, 4.69) is 45.1 Å². The second kappa shape index (κ2) is 8.99. The quantitative estimate of drug-likeness (QED) is 0.629. The van der Waals surface area contributed by atoms with E-state index in [1.54, 1.807) is 6.20 Å². The molecule has 2 aliphatic rings. The van der Waals surface area contributed by atoms with Crippen LogP contribution in [0.1, 0.15) is 44.3 Å². The molecule has 5 rings (SSSR count). The maximum Gasteiger partial charge on any atom is 0.151 e. The number of anilines is 2. The maximum absolute atomic E-state index is 6.22. The Morgan fingerprint density at radius 2 is 1.88 bits per heavy atom. The lowest BCUT2D eigenvalue weighted by atomic mass is 10.1. The highest BCUT2D eigenvalue weighted by Gasteiger charge is 2.22. The van der Waals surface area contributed by atoms with E-state index in [0.29, 0.717) is 23.4 Å². The second-order valence-corrected chi connectivity index (χ2v) is 8.90. The first-order valence-corrected chi connectivity index (χ1v) is 11.6. The van der Waals surface area contributed by atoms with Gasteiger partial charge in [0.25, 0.3) is 0 Å². The molecule has 0 saturated carbocycles. The number of pyridine rings is 1. The molecule has 9 heteroatoms. The van der Waals surface area contributed by atoms with E-state index in [-0.39, 0.29) is 0 Å². The van der Waals surface area contributed by atoms with Gasteiger partial charge in [0.2, 0.25) is 0 Å². The molecule has 0 aromatic carbocycles. The van der Waals surface area contributed by atoms with E-state index in [1.165, 1.54) is 0 Å². The lowest BCUT2D eigenvalue weighted by Crippen LogP contribution is -2.31. The molecular formula is C23H32N8O. The van der Waals surface area contributed by atoms with Crippen LogP contribution in [0, 0.1) is 0 Å². The summed E-state index contributed by atoms with van der Waals surface area (Å²) in [5.41, 5.74) is 10.5. The van der Waals surface area contributed by atoms with Crippen LogP contribution in [0.15, 0.2) is 18.6 Å². The number of nitrogens with one attached hydrogen (secondary N) is 1. The van der Waals surface area contributed by atoms with Gasteiger partial charge in [0, 0.05) is 42.8 Å². The summed E-state index contributed by atoms with van der Waals surface area (Å²) in [6.07, 6.45) is 10.7. The van der Waals surface area contributed by atoms with Crippen LogP contribution in [0.2, 0.25) is 0 Å². The molecule has 0 unspecified atom stereocenters. The van der Waals surface area contributed by atoms with Crippen LogP contribution in [0.5, 0.6) is 0 Å². The van der Waals surface area contributed by atoms with Gasteiger partial charge in [-0.05, 0) is 52.2 Å². The zero-order chi connectivity index (χ0) is 22.1. The Morgan fingerprint density at radius 3 is 2.62 bits per heavy atom. The topological polar surface area (TPSA) is 107 Å². The van der Waals surface area contributed by atoms with Gasteiger partial charge in [-0.1, -0.05) is 6.92 Å². The number of piperidine rings is 1. The predicted octanol–water partition coefficient (Wildman–Crippen LogP) is 2.89. The van der Waals surface area contributed by atoms with E-state index in [0.717, 1.165) is 86.6 Å². The second-order valence-electron chi connectivity index (χ2n) is 8.90. The van der Waals surface area contributed by atoms with Crippen molar-refractivity contribution in [1.82, 2.24) is 29.6 Å². The van der Waals surface area contributed by atoms with E-state index in [1.807, 2.05) is 6.20 Å². The average Bonchev–Trinajstić information content (AvgIpc) is 3.30. The number of ether oxygens (including phenoxy) is 1. The third-order valence-electron chi connectivity index (χ3n) is 6.67. The van der Waals surface area contributed by atoms with Crippen LogP contribution < -0.4 is 11.1 Å². The highest BCUT2D eigenvalue weighted by molar-refractivity contribution is 5.96. The summed E-state index contributed by atoms with van der Waals surface area (Å²) in [5, 5.41) is 8.29. The summed E-state index contributed by atoms with van der Waals surface area (Å²) in [7, 11) is 2.17.